The minimum atomic E-state index is -4.73. The van der Waals surface area contributed by atoms with Gasteiger partial charge in [0.15, 0.2) is 17.5 Å². The molecule has 3 rings (SSSR count). The number of aromatic nitrogens is 3. The minimum absolute atomic E-state index is 0. The fraction of sp³-hybridized carbons (Fsp3) is 0.542. The lowest BCUT2D eigenvalue weighted by Gasteiger charge is -2.30. The summed E-state index contributed by atoms with van der Waals surface area (Å²) in [5.41, 5.74) is 5.46. The van der Waals surface area contributed by atoms with E-state index in [1.807, 2.05) is 0 Å². The standard InChI is InChI=1S/C24H29F6N7O3.ClH/c1-11(2)20(31)22(40)32-12(3)21(39)33-14(6-13-7-16(26)17(27)9-15(13)25)8-19(38)36-4-5-37-18(10-36)34-35-23(37)24(28,29)30;/h7,9,11-12,14,20H,4-6,8,10,31H2,1-3H3,(H,32,40)(H,33,39);1H. The summed E-state index contributed by atoms with van der Waals surface area (Å²) in [6.07, 6.45) is -5.64. The summed E-state index contributed by atoms with van der Waals surface area (Å²) in [6, 6.07) is -2.26. The third-order valence-electron chi connectivity index (χ3n) is 6.46. The van der Waals surface area contributed by atoms with Crippen molar-refractivity contribution in [2.75, 3.05) is 6.54 Å². The molecule has 0 spiro atoms. The molecule has 3 unspecified atom stereocenters. The van der Waals surface area contributed by atoms with Gasteiger partial charge in [-0.05, 0) is 30.9 Å². The minimum Gasteiger partial charge on any atom is -0.351 e. The van der Waals surface area contributed by atoms with Gasteiger partial charge in [0.05, 0.1) is 12.6 Å². The van der Waals surface area contributed by atoms with Crippen molar-refractivity contribution in [1.82, 2.24) is 30.3 Å². The third-order valence-corrected chi connectivity index (χ3v) is 6.46. The molecule has 1 aliphatic rings. The van der Waals surface area contributed by atoms with Crippen molar-refractivity contribution in [3.8, 4) is 0 Å². The third kappa shape index (κ3) is 8.31. The van der Waals surface area contributed by atoms with Gasteiger partial charge in [0.1, 0.15) is 11.9 Å². The Bertz CT molecular complexity index is 1270. The van der Waals surface area contributed by atoms with Crippen LogP contribution >= 0.6 is 12.4 Å². The predicted molar refractivity (Wildman–Crippen MR) is 135 cm³/mol. The van der Waals surface area contributed by atoms with E-state index in [1.165, 1.54) is 11.8 Å². The van der Waals surface area contributed by atoms with Gasteiger partial charge < -0.3 is 25.8 Å². The summed E-state index contributed by atoms with van der Waals surface area (Å²) in [7, 11) is 0. The van der Waals surface area contributed by atoms with Gasteiger partial charge in [-0.25, -0.2) is 13.2 Å². The van der Waals surface area contributed by atoms with Crippen LogP contribution in [0.1, 0.15) is 44.4 Å². The molecule has 0 aliphatic carbocycles. The van der Waals surface area contributed by atoms with Crippen LogP contribution in [-0.2, 0) is 40.1 Å². The van der Waals surface area contributed by atoms with Crippen LogP contribution in [0, 0.1) is 23.4 Å². The van der Waals surface area contributed by atoms with Crippen molar-refractivity contribution in [3.05, 3.63) is 46.8 Å². The molecule has 0 saturated carbocycles. The largest absolute Gasteiger partial charge is 0.451 e. The first-order valence-electron chi connectivity index (χ1n) is 12.3. The summed E-state index contributed by atoms with van der Waals surface area (Å²) in [5.74, 6) is -7.39. The normalized spacial score (nSPS) is 15.4. The average molecular weight is 614 g/mol. The van der Waals surface area contributed by atoms with Crippen molar-refractivity contribution < 1.29 is 40.7 Å². The lowest BCUT2D eigenvalue weighted by Crippen LogP contribution is -2.54. The van der Waals surface area contributed by atoms with Crippen molar-refractivity contribution in [2.24, 2.45) is 11.7 Å². The fourth-order valence-corrected chi connectivity index (χ4v) is 4.08. The fourth-order valence-electron chi connectivity index (χ4n) is 4.08. The highest BCUT2D eigenvalue weighted by Crippen LogP contribution is 2.29. The first kappa shape index (κ1) is 33.8. The second-order valence-electron chi connectivity index (χ2n) is 9.88. The molecule has 228 valence electrons. The van der Waals surface area contributed by atoms with E-state index in [9.17, 15) is 40.7 Å². The molecule has 1 aliphatic heterocycles. The summed E-state index contributed by atoms with van der Waals surface area (Å²) in [5, 5.41) is 11.6. The van der Waals surface area contributed by atoms with Crippen molar-refractivity contribution in [1.29, 1.82) is 0 Å². The van der Waals surface area contributed by atoms with Gasteiger partial charge in [-0.2, -0.15) is 13.2 Å². The number of carbonyl (C=O) groups excluding carboxylic acids is 3. The van der Waals surface area contributed by atoms with E-state index in [0.29, 0.717) is 12.1 Å². The molecular weight excluding hydrogens is 584 g/mol. The Balaban J connectivity index is 0.00000588. The Morgan fingerprint density at radius 2 is 1.61 bits per heavy atom. The van der Waals surface area contributed by atoms with Crippen LogP contribution in [-0.4, -0.2) is 62.1 Å². The van der Waals surface area contributed by atoms with E-state index < -0.39 is 78.1 Å². The summed E-state index contributed by atoms with van der Waals surface area (Å²) >= 11 is 0. The Labute approximate surface area is 237 Å². The van der Waals surface area contributed by atoms with Gasteiger partial charge in [0.25, 0.3) is 0 Å². The van der Waals surface area contributed by atoms with Gasteiger partial charge in [-0.1, -0.05) is 13.8 Å². The SMILES string of the molecule is CC(NC(=O)C(N)C(C)C)C(=O)NC(CC(=O)N1CCn2c(nnc2C(F)(F)F)C1)Cc1cc(F)c(F)cc1F.Cl. The molecule has 3 atom stereocenters. The monoisotopic (exact) mass is 613 g/mol. The molecule has 4 N–H and O–H groups in total. The van der Waals surface area contributed by atoms with Crippen LogP contribution in [0.15, 0.2) is 12.1 Å². The van der Waals surface area contributed by atoms with Crippen molar-refractivity contribution in [2.45, 2.75) is 71.0 Å². The number of nitrogens with one attached hydrogen (secondary N) is 2. The first-order chi connectivity index (χ1) is 18.6. The Morgan fingerprint density at radius 1 is 0.976 bits per heavy atom. The van der Waals surface area contributed by atoms with Gasteiger partial charge in [0.2, 0.25) is 23.5 Å². The number of amides is 3. The highest BCUT2D eigenvalue weighted by atomic mass is 35.5. The molecule has 17 heteroatoms. The van der Waals surface area contributed by atoms with E-state index in [2.05, 4.69) is 20.8 Å². The zero-order valence-corrected chi connectivity index (χ0v) is 23.1. The summed E-state index contributed by atoms with van der Waals surface area (Å²) in [4.78, 5) is 39.4. The molecule has 0 fully saturated rings. The van der Waals surface area contributed by atoms with E-state index in [0.717, 1.165) is 4.57 Å². The van der Waals surface area contributed by atoms with Crippen molar-refractivity contribution in [3.63, 3.8) is 0 Å². The molecule has 1 aromatic carbocycles. The van der Waals surface area contributed by atoms with E-state index >= 15 is 0 Å². The van der Waals surface area contributed by atoms with Crippen LogP contribution in [0.25, 0.3) is 0 Å². The van der Waals surface area contributed by atoms with Crippen LogP contribution in [0.5, 0.6) is 0 Å². The molecule has 0 radical (unpaired) electrons. The number of hydrogen-bond acceptors (Lipinski definition) is 6. The van der Waals surface area contributed by atoms with Gasteiger partial charge in [-0.15, -0.1) is 22.6 Å². The topological polar surface area (TPSA) is 135 Å². The van der Waals surface area contributed by atoms with Gasteiger partial charge in [-0.3, -0.25) is 14.4 Å². The molecule has 3 amide bonds. The Morgan fingerprint density at radius 3 is 2.22 bits per heavy atom. The second kappa shape index (κ2) is 13.5. The lowest BCUT2D eigenvalue weighted by atomic mass is 10.0. The Hall–Kier alpha value is -3.40. The number of fused-ring (bicyclic) bond motifs is 1. The molecule has 0 saturated heterocycles. The zero-order chi connectivity index (χ0) is 29.9. The number of nitrogens with zero attached hydrogens (tertiary/aromatic N) is 4. The highest BCUT2D eigenvalue weighted by molar-refractivity contribution is 5.90. The maximum atomic E-state index is 14.4. The number of alkyl halides is 3. The summed E-state index contributed by atoms with van der Waals surface area (Å²) in [6.45, 7) is 4.10. The molecule has 41 heavy (non-hydrogen) atoms. The number of benzene rings is 1. The molecule has 10 nitrogen and oxygen atoms in total. The maximum absolute atomic E-state index is 14.4. The smallest absolute Gasteiger partial charge is 0.351 e. The van der Waals surface area contributed by atoms with Crippen LogP contribution in [0.2, 0.25) is 0 Å². The molecule has 0 bridgehead atoms. The summed E-state index contributed by atoms with van der Waals surface area (Å²) < 4.78 is 81.8. The van der Waals surface area contributed by atoms with Crippen LogP contribution < -0.4 is 16.4 Å². The van der Waals surface area contributed by atoms with Gasteiger partial charge in [0, 0.05) is 31.6 Å². The van der Waals surface area contributed by atoms with E-state index in [-0.39, 0.29) is 49.3 Å². The second-order valence-corrected chi connectivity index (χ2v) is 9.88. The maximum Gasteiger partial charge on any atom is 0.451 e. The van der Waals surface area contributed by atoms with Crippen LogP contribution in [0.3, 0.4) is 0 Å². The molecule has 1 aromatic heterocycles. The first-order valence-corrected chi connectivity index (χ1v) is 12.3. The molecular formula is C24H30ClF6N7O3. The Kier molecular flexibility index (Phi) is 11.1. The lowest BCUT2D eigenvalue weighted by molar-refractivity contribution is -0.148. The number of halogens is 7. The highest BCUT2D eigenvalue weighted by Gasteiger charge is 2.40. The molecule has 2 heterocycles. The van der Waals surface area contributed by atoms with Crippen molar-refractivity contribution >= 4 is 30.1 Å². The van der Waals surface area contributed by atoms with Crippen LogP contribution in [0.4, 0.5) is 26.3 Å². The van der Waals surface area contributed by atoms with E-state index in [1.54, 1.807) is 13.8 Å². The quantitative estimate of drug-likeness (QED) is 0.293. The number of hydrogen-bond donors (Lipinski definition) is 3. The number of nitrogens with two attached hydrogens (primary N) is 1. The number of rotatable bonds is 9. The molecule has 2 aromatic rings. The zero-order valence-electron chi connectivity index (χ0n) is 22.3. The van der Waals surface area contributed by atoms with E-state index in [4.69, 9.17) is 5.73 Å². The predicted octanol–water partition coefficient (Wildman–Crippen LogP) is 2.08. The number of carbonyl (C=O) groups is 3. The average Bonchev–Trinajstić information content (AvgIpc) is 3.30. The van der Waals surface area contributed by atoms with Gasteiger partial charge >= 0.3 is 6.18 Å².